The summed E-state index contributed by atoms with van der Waals surface area (Å²) in [7, 11) is 8.05. The first-order chi connectivity index (χ1) is 17.3. The Labute approximate surface area is 212 Å². The van der Waals surface area contributed by atoms with Crippen molar-refractivity contribution < 1.29 is 33.6 Å². The number of hydrogen-bond donors (Lipinski definition) is 1. The number of fused-ring (bicyclic) bond motifs is 2. The number of aliphatic carboxylic acids is 1. The van der Waals surface area contributed by atoms with E-state index in [-0.39, 0.29) is 17.9 Å². The fraction of sp³-hybridized carbons (Fsp3) is 0.414. The molecule has 0 aromatic heterocycles. The molecule has 0 radical (unpaired) electrons. The minimum atomic E-state index is -1.32. The molecule has 7 nitrogen and oxygen atoms in total. The molecule has 7 heteroatoms. The molecule has 2 aromatic carbocycles. The Morgan fingerprint density at radius 1 is 0.889 bits per heavy atom. The highest BCUT2D eigenvalue weighted by molar-refractivity contribution is 5.85. The third-order valence-electron chi connectivity index (χ3n) is 7.78. The van der Waals surface area contributed by atoms with Gasteiger partial charge in [-0.2, -0.15) is 0 Å². The number of methoxy groups -OCH3 is 5. The molecule has 0 saturated heterocycles. The number of carboxylic acid groups (broad SMARTS) is 1. The van der Waals surface area contributed by atoms with Gasteiger partial charge in [0.1, 0.15) is 22.7 Å². The standard InChI is InChI=1S/C29H34O7/c1-17-24(12-9-18-7-10-20(32-2)11-8-18)29(28(30)31)25(16-23(26(17)35-5)27(29)36-6)19-13-21(33-3)15-22(14-19)34-4/h7-15,23,25-27H,16H2,1-6H3,(H,30,31). The van der Waals surface area contributed by atoms with E-state index in [4.69, 9.17) is 23.7 Å². The lowest BCUT2D eigenvalue weighted by Crippen LogP contribution is -2.52. The van der Waals surface area contributed by atoms with E-state index in [9.17, 15) is 9.90 Å². The van der Waals surface area contributed by atoms with Crippen molar-refractivity contribution >= 4 is 12.0 Å². The van der Waals surface area contributed by atoms with Crippen molar-refractivity contribution in [3.8, 4) is 17.2 Å². The van der Waals surface area contributed by atoms with Crippen molar-refractivity contribution in [2.75, 3.05) is 35.5 Å². The molecule has 2 aliphatic rings. The second kappa shape index (κ2) is 10.4. The Bertz CT molecular complexity index is 1140. The lowest BCUT2D eigenvalue weighted by atomic mass is 9.63. The topological polar surface area (TPSA) is 83.5 Å². The van der Waals surface area contributed by atoms with E-state index in [0.29, 0.717) is 23.5 Å². The zero-order chi connectivity index (χ0) is 26.0. The Hall–Kier alpha value is -3.29. The van der Waals surface area contributed by atoms with Gasteiger partial charge in [-0.3, -0.25) is 4.79 Å². The molecule has 0 spiro atoms. The maximum absolute atomic E-state index is 13.4. The van der Waals surface area contributed by atoms with Gasteiger partial charge < -0.3 is 28.8 Å². The van der Waals surface area contributed by atoms with Gasteiger partial charge in [0.2, 0.25) is 0 Å². The van der Waals surface area contributed by atoms with Gasteiger partial charge in [0.15, 0.2) is 0 Å². The second-order valence-corrected chi connectivity index (χ2v) is 9.29. The van der Waals surface area contributed by atoms with Gasteiger partial charge in [0.25, 0.3) is 0 Å². The van der Waals surface area contributed by atoms with Gasteiger partial charge in [-0.1, -0.05) is 24.3 Å². The van der Waals surface area contributed by atoms with Crippen LogP contribution in [0, 0.1) is 11.3 Å². The van der Waals surface area contributed by atoms with Crippen LogP contribution in [-0.4, -0.2) is 58.8 Å². The third-order valence-corrected chi connectivity index (χ3v) is 7.78. The summed E-state index contributed by atoms with van der Waals surface area (Å²) in [5.41, 5.74) is 2.04. The number of rotatable bonds is 9. The molecule has 0 aliphatic heterocycles. The average Bonchev–Trinajstić information content (AvgIpc) is 3.19. The smallest absolute Gasteiger partial charge is 0.317 e. The van der Waals surface area contributed by atoms with Crippen LogP contribution < -0.4 is 14.2 Å². The maximum atomic E-state index is 13.4. The van der Waals surface area contributed by atoms with Crippen molar-refractivity contribution in [1.82, 2.24) is 0 Å². The summed E-state index contributed by atoms with van der Waals surface area (Å²) >= 11 is 0. The fourth-order valence-corrected chi connectivity index (χ4v) is 6.23. The zero-order valence-electron chi connectivity index (χ0n) is 21.6. The molecule has 36 heavy (non-hydrogen) atoms. The van der Waals surface area contributed by atoms with E-state index in [1.807, 2.05) is 55.5 Å². The number of carbonyl (C=O) groups is 1. The van der Waals surface area contributed by atoms with E-state index >= 15 is 0 Å². The molecule has 2 aromatic rings. The summed E-state index contributed by atoms with van der Waals surface area (Å²) < 4.78 is 28.2. The van der Waals surface area contributed by atoms with Crippen LogP contribution in [0.15, 0.2) is 59.7 Å². The zero-order valence-corrected chi connectivity index (χ0v) is 21.6. The molecule has 2 aliphatic carbocycles. The Morgan fingerprint density at radius 2 is 1.50 bits per heavy atom. The molecule has 5 atom stereocenters. The lowest BCUT2D eigenvalue weighted by molar-refractivity contribution is -0.157. The molecule has 1 N–H and O–H groups in total. The monoisotopic (exact) mass is 494 g/mol. The van der Waals surface area contributed by atoms with E-state index < -0.39 is 17.5 Å². The predicted molar refractivity (Wildman–Crippen MR) is 137 cm³/mol. The molecule has 2 bridgehead atoms. The quantitative estimate of drug-likeness (QED) is 0.527. The van der Waals surface area contributed by atoms with E-state index in [1.165, 1.54) is 0 Å². The van der Waals surface area contributed by atoms with E-state index in [2.05, 4.69) is 0 Å². The van der Waals surface area contributed by atoms with Gasteiger partial charge in [-0.15, -0.1) is 0 Å². The largest absolute Gasteiger partial charge is 0.497 e. The van der Waals surface area contributed by atoms with Crippen LogP contribution in [-0.2, 0) is 14.3 Å². The minimum Gasteiger partial charge on any atom is -0.497 e. The first-order valence-electron chi connectivity index (χ1n) is 11.9. The molecule has 192 valence electrons. The Balaban J connectivity index is 1.92. The van der Waals surface area contributed by atoms with Crippen LogP contribution in [0.1, 0.15) is 30.4 Å². The molecule has 0 amide bonds. The number of allylic oxidation sites excluding steroid dienone is 1. The maximum Gasteiger partial charge on any atom is 0.317 e. The first-order valence-corrected chi connectivity index (χ1v) is 11.9. The van der Waals surface area contributed by atoms with Crippen LogP contribution in [0.2, 0.25) is 0 Å². The van der Waals surface area contributed by atoms with Crippen LogP contribution in [0.4, 0.5) is 0 Å². The first kappa shape index (κ1) is 25.8. The predicted octanol–water partition coefficient (Wildman–Crippen LogP) is 4.96. The van der Waals surface area contributed by atoms with Gasteiger partial charge in [-0.25, -0.2) is 0 Å². The van der Waals surface area contributed by atoms with Gasteiger partial charge in [0, 0.05) is 32.1 Å². The summed E-state index contributed by atoms with van der Waals surface area (Å²) in [5, 5.41) is 10.9. The molecule has 4 rings (SSSR count). The minimum absolute atomic E-state index is 0.128. The lowest BCUT2D eigenvalue weighted by Gasteiger charge is -2.44. The van der Waals surface area contributed by atoms with Crippen LogP contribution in [0.3, 0.4) is 0 Å². The fourth-order valence-electron chi connectivity index (χ4n) is 6.23. The van der Waals surface area contributed by atoms with Crippen LogP contribution in [0.25, 0.3) is 6.08 Å². The SMILES string of the molecule is COc1ccc(C=CC2=C(C)C(OC)C3CC(c4cc(OC)cc(OC)c4)C2(C(=O)O)C3OC)cc1. The van der Waals surface area contributed by atoms with Gasteiger partial charge in [-0.05, 0) is 59.9 Å². The average molecular weight is 495 g/mol. The van der Waals surface area contributed by atoms with Crippen molar-refractivity contribution in [3.63, 3.8) is 0 Å². The molecule has 1 fully saturated rings. The summed E-state index contributed by atoms with van der Waals surface area (Å²) in [4.78, 5) is 13.4. The third kappa shape index (κ3) is 4.06. The molecule has 1 saturated carbocycles. The van der Waals surface area contributed by atoms with E-state index in [0.717, 1.165) is 22.4 Å². The normalized spacial score (nSPS) is 27.4. The Morgan fingerprint density at radius 3 is 2.00 bits per heavy atom. The van der Waals surface area contributed by atoms with E-state index in [1.54, 1.807) is 41.6 Å². The summed E-state index contributed by atoms with van der Waals surface area (Å²) in [6.07, 6.45) is 3.58. The van der Waals surface area contributed by atoms with Crippen molar-refractivity contribution in [2.24, 2.45) is 11.3 Å². The van der Waals surface area contributed by atoms with Crippen LogP contribution >= 0.6 is 0 Å². The summed E-state index contributed by atoms with van der Waals surface area (Å²) in [5.74, 6) is 0.536. The molecular formula is C29H34O7. The van der Waals surface area contributed by atoms with Crippen molar-refractivity contribution in [2.45, 2.75) is 31.5 Å². The van der Waals surface area contributed by atoms with Crippen LogP contribution in [0.5, 0.6) is 17.2 Å². The highest BCUT2D eigenvalue weighted by Crippen LogP contribution is 2.63. The highest BCUT2D eigenvalue weighted by atomic mass is 16.5. The summed E-state index contributed by atoms with van der Waals surface area (Å²) in [6.45, 7) is 1.97. The number of hydrogen-bond acceptors (Lipinski definition) is 6. The molecule has 0 heterocycles. The van der Waals surface area contributed by atoms with Gasteiger partial charge in [0.05, 0.1) is 33.5 Å². The molecule has 5 unspecified atom stereocenters. The number of benzene rings is 2. The van der Waals surface area contributed by atoms with Crippen molar-refractivity contribution in [1.29, 1.82) is 0 Å². The number of ether oxygens (including phenoxy) is 5. The number of carboxylic acids is 1. The molecular weight excluding hydrogens is 460 g/mol. The van der Waals surface area contributed by atoms with Crippen molar-refractivity contribution in [3.05, 3.63) is 70.8 Å². The highest BCUT2D eigenvalue weighted by Gasteiger charge is 2.67. The summed E-state index contributed by atoms with van der Waals surface area (Å²) in [6, 6.07) is 13.2. The Kier molecular flexibility index (Phi) is 7.43. The second-order valence-electron chi connectivity index (χ2n) is 9.29. The van der Waals surface area contributed by atoms with Gasteiger partial charge >= 0.3 is 5.97 Å².